The number of rotatable bonds is 7. The zero-order valence-corrected chi connectivity index (χ0v) is 18.1. The van der Waals surface area contributed by atoms with Gasteiger partial charge in [0.25, 0.3) is 0 Å². The Bertz CT molecular complexity index is 1310. The van der Waals surface area contributed by atoms with Crippen LogP contribution in [0, 0.1) is 10.1 Å². The van der Waals surface area contributed by atoms with Gasteiger partial charge in [0.2, 0.25) is 5.75 Å². The van der Waals surface area contributed by atoms with Gasteiger partial charge in [0.05, 0.1) is 29.7 Å². The lowest BCUT2D eigenvalue weighted by Gasteiger charge is -2.09. The van der Waals surface area contributed by atoms with Crippen LogP contribution in [0.4, 0.5) is 5.69 Å². The van der Waals surface area contributed by atoms with E-state index in [4.69, 9.17) is 9.84 Å². The molecule has 0 fully saturated rings. The molecule has 1 N–H and O–H groups in total. The number of nitrogens with zero attached hydrogens (tertiary/aromatic N) is 3. The van der Waals surface area contributed by atoms with Gasteiger partial charge < -0.3 is 14.6 Å². The molecule has 0 saturated carbocycles. The van der Waals surface area contributed by atoms with Crippen LogP contribution < -0.4 is 4.74 Å². The molecule has 4 rings (SSSR count). The monoisotopic (exact) mass is 467 g/mol. The number of hydrogen-bond donors (Lipinski definition) is 1. The van der Waals surface area contributed by atoms with E-state index in [9.17, 15) is 19.7 Å². The second kappa shape index (κ2) is 9.25. The quantitative estimate of drug-likeness (QED) is 0.313. The van der Waals surface area contributed by atoms with Crippen molar-refractivity contribution in [2.45, 2.75) is 12.5 Å². The molecule has 0 bridgehead atoms. The van der Waals surface area contributed by atoms with E-state index in [0.717, 1.165) is 5.39 Å². The van der Waals surface area contributed by atoms with Gasteiger partial charge >= 0.3 is 17.6 Å². The van der Waals surface area contributed by atoms with Crippen LogP contribution in [0.3, 0.4) is 0 Å². The number of aromatic nitrogens is 1. The first-order chi connectivity index (χ1) is 15.8. The highest BCUT2D eigenvalue weighted by Crippen LogP contribution is 2.34. The molecular weight excluding hydrogens is 450 g/mol. The Hall–Kier alpha value is -3.99. The first-order valence-corrected chi connectivity index (χ1v) is 10.7. The van der Waals surface area contributed by atoms with Crippen molar-refractivity contribution < 1.29 is 29.1 Å². The Morgan fingerprint density at radius 1 is 1.21 bits per heavy atom. The molecular formula is C22H17N3O7S. The van der Waals surface area contributed by atoms with E-state index >= 15 is 0 Å². The first kappa shape index (κ1) is 22.2. The Morgan fingerprint density at radius 3 is 2.73 bits per heavy atom. The fourth-order valence-electron chi connectivity index (χ4n) is 3.19. The molecule has 1 aromatic heterocycles. The van der Waals surface area contributed by atoms with E-state index < -0.39 is 22.9 Å². The summed E-state index contributed by atoms with van der Waals surface area (Å²) in [4.78, 5) is 42.2. The van der Waals surface area contributed by atoms with Gasteiger partial charge in [-0.2, -0.15) is 0 Å². The highest BCUT2D eigenvalue weighted by molar-refractivity contribution is 8.14. The summed E-state index contributed by atoms with van der Waals surface area (Å²) in [7, 11) is 1.25. The van der Waals surface area contributed by atoms with Gasteiger partial charge in [0.1, 0.15) is 10.8 Å². The average molecular weight is 467 g/mol. The second-order valence-electron chi connectivity index (χ2n) is 7.06. The highest BCUT2D eigenvalue weighted by atomic mass is 32.2. The van der Waals surface area contributed by atoms with Gasteiger partial charge in [0.15, 0.2) is 6.04 Å². The largest absolute Gasteiger partial charge is 0.480 e. The van der Waals surface area contributed by atoms with Crippen molar-refractivity contribution in [1.82, 2.24) is 4.98 Å². The average Bonchev–Trinajstić information content (AvgIpc) is 3.30. The molecule has 0 saturated heterocycles. The van der Waals surface area contributed by atoms with Crippen LogP contribution in [0.5, 0.6) is 11.5 Å². The third-order valence-electron chi connectivity index (χ3n) is 4.84. The van der Waals surface area contributed by atoms with Crippen molar-refractivity contribution in [2.24, 2.45) is 4.99 Å². The van der Waals surface area contributed by atoms with Crippen molar-refractivity contribution in [1.29, 1.82) is 0 Å². The summed E-state index contributed by atoms with van der Waals surface area (Å²) in [5, 5.41) is 21.9. The fourth-order valence-corrected chi connectivity index (χ4v) is 4.19. The lowest BCUT2D eigenvalue weighted by molar-refractivity contribution is -0.385. The van der Waals surface area contributed by atoms with Crippen molar-refractivity contribution >= 4 is 45.3 Å². The van der Waals surface area contributed by atoms with Gasteiger partial charge in [-0.15, -0.1) is 11.8 Å². The van der Waals surface area contributed by atoms with Crippen molar-refractivity contribution in [3.8, 4) is 11.5 Å². The van der Waals surface area contributed by atoms with Crippen LogP contribution in [-0.4, -0.2) is 50.9 Å². The van der Waals surface area contributed by atoms with E-state index in [1.54, 1.807) is 36.4 Å². The Kier molecular flexibility index (Phi) is 6.22. The van der Waals surface area contributed by atoms with Crippen LogP contribution in [0.15, 0.2) is 53.5 Å². The number of esters is 1. The molecule has 0 spiro atoms. The fraction of sp³-hybridized carbons (Fsp3) is 0.182. The van der Waals surface area contributed by atoms with Gasteiger partial charge in [-0.25, -0.2) is 9.78 Å². The molecule has 2 heterocycles. The number of pyridine rings is 1. The number of carboxylic acid groups (broad SMARTS) is 1. The number of thioether (sulfide) groups is 1. The molecule has 0 unspecified atom stereocenters. The number of nitro benzene ring substituents is 1. The number of carbonyl (C=O) groups excluding carboxylic acids is 1. The number of ether oxygens (including phenoxy) is 2. The Morgan fingerprint density at radius 2 is 2.03 bits per heavy atom. The van der Waals surface area contributed by atoms with Crippen molar-refractivity contribution in [3.63, 3.8) is 0 Å². The van der Waals surface area contributed by atoms with E-state index in [2.05, 4.69) is 14.7 Å². The Labute approximate surface area is 191 Å². The van der Waals surface area contributed by atoms with E-state index in [1.165, 1.54) is 31.0 Å². The second-order valence-corrected chi connectivity index (χ2v) is 8.07. The molecule has 11 heteroatoms. The maximum absolute atomic E-state index is 11.5. The maximum atomic E-state index is 11.5. The molecule has 1 aliphatic rings. The Balaban J connectivity index is 1.58. The molecule has 3 aromatic rings. The first-order valence-electron chi connectivity index (χ1n) is 9.70. The van der Waals surface area contributed by atoms with Crippen molar-refractivity contribution in [3.05, 3.63) is 69.9 Å². The normalized spacial score (nSPS) is 15.2. The summed E-state index contributed by atoms with van der Waals surface area (Å²) in [6, 6.07) is 12.1. The van der Waals surface area contributed by atoms with Crippen LogP contribution in [0.1, 0.15) is 11.3 Å². The number of aliphatic carboxylic acids is 1. The summed E-state index contributed by atoms with van der Waals surface area (Å²) in [6.07, 6.45) is -0.0849. The van der Waals surface area contributed by atoms with Gasteiger partial charge in [-0.3, -0.25) is 19.9 Å². The van der Waals surface area contributed by atoms with Gasteiger partial charge in [0, 0.05) is 17.2 Å². The number of hydrogen-bond acceptors (Lipinski definition) is 9. The van der Waals surface area contributed by atoms with Crippen LogP contribution in [-0.2, 0) is 20.7 Å². The number of methoxy groups -OCH3 is 1. The summed E-state index contributed by atoms with van der Waals surface area (Å²) < 4.78 is 10.4. The molecule has 10 nitrogen and oxygen atoms in total. The minimum atomic E-state index is -0.965. The molecule has 0 amide bonds. The predicted octanol–water partition coefficient (Wildman–Crippen LogP) is 3.60. The molecule has 0 aliphatic carbocycles. The maximum Gasteiger partial charge on any atom is 0.329 e. The number of carbonyl (C=O) groups is 2. The van der Waals surface area contributed by atoms with Crippen LogP contribution in [0.2, 0.25) is 0 Å². The number of benzene rings is 2. The summed E-state index contributed by atoms with van der Waals surface area (Å²) in [5.74, 6) is -0.686. The van der Waals surface area contributed by atoms with E-state index in [0.29, 0.717) is 33.3 Å². The molecule has 2 aromatic carbocycles. The molecule has 1 aliphatic heterocycles. The number of aliphatic imine (C=N–C) groups is 1. The third-order valence-corrected chi connectivity index (χ3v) is 5.91. The highest BCUT2D eigenvalue weighted by Gasteiger charge is 2.26. The zero-order chi connectivity index (χ0) is 23.5. The summed E-state index contributed by atoms with van der Waals surface area (Å²) >= 11 is 1.34. The van der Waals surface area contributed by atoms with Crippen molar-refractivity contribution in [2.75, 3.05) is 12.9 Å². The zero-order valence-electron chi connectivity index (χ0n) is 17.3. The lowest BCUT2D eigenvalue weighted by atomic mass is 10.1. The lowest BCUT2D eigenvalue weighted by Crippen LogP contribution is -2.17. The molecule has 1 atom stereocenters. The van der Waals surface area contributed by atoms with Gasteiger partial charge in [-0.1, -0.05) is 12.1 Å². The van der Waals surface area contributed by atoms with Crippen LogP contribution in [0.25, 0.3) is 10.9 Å². The molecule has 0 radical (unpaired) electrons. The van der Waals surface area contributed by atoms with Gasteiger partial charge in [-0.05, 0) is 35.9 Å². The topological polar surface area (TPSA) is 141 Å². The predicted molar refractivity (Wildman–Crippen MR) is 121 cm³/mol. The third kappa shape index (κ3) is 4.93. The molecule has 168 valence electrons. The minimum Gasteiger partial charge on any atom is -0.480 e. The molecule has 33 heavy (non-hydrogen) atoms. The number of fused-ring (bicyclic) bond motifs is 1. The smallest absolute Gasteiger partial charge is 0.329 e. The summed E-state index contributed by atoms with van der Waals surface area (Å²) in [6.45, 7) is 0. The van der Waals surface area contributed by atoms with E-state index in [1.807, 2.05) is 0 Å². The number of nitro groups is 1. The minimum absolute atomic E-state index is 0.0361. The van der Waals surface area contributed by atoms with Crippen LogP contribution >= 0.6 is 11.8 Å². The number of carboxylic acids is 1. The SMILES string of the molecule is COC(=O)Cc1ccc(Oc2ccc3nc(C4=N[C@@H](C(=O)O)CS4)ccc3c2)c([N+](=O)[O-])c1. The summed E-state index contributed by atoms with van der Waals surface area (Å²) in [5.41, 5.74) is 1.40. The van der Waals surface area contributed by atoms with E-state index in [-0.39, 0.29) is 17.9 Å². The standard InChI is InChI=1S/C22H17N3O7S/c1-31-20(26)9-12-2-7-19(18(8-12)25(29)30)32-14-4-6-15-13(10-14)3-5-16(23-15)21-24-17(11-33-21)22(27)28/h2-8,10,17H,9,11H2,1H3,(H,27,28)/t17-/m1/s1.